The van der Waals surface area contributed by atoms with E-state index in [-0.39, 0.29) is 5.91 Å². The molecule has 1 amide bonds. The molecule has 21 heavy (non-hydrogen) atoms. The molecule has 1 aromatic carbocycles. The number of aromatic nitrogens is 2. The van der Waals surface area contributed by atoms with Crippen molar-refractivity contribution in [1.82, 2.24) is 15.1 Å². The van der Waals surface area contributed by atoms with Gasteiger partial charge in [0.2, 0.25) is 0 Å². The number of anilines is 1. The molecule has 0 bridgehead atoms. The van der Waals surface area contributed by atoms with Crippen LogP contribution in [0.3, 0.4) is 0 Å². The van der Waals surface area contributed by atoms with Gasteiger partial charge in [-0.2, -0.15) is 5.10 Å². The topological polar surface area (TPSA) is 59.0 Å². The molecule has 0 aliphatic heterocycles. The van der Waals surface area contributed by atoms with Crippen LogP contribution in [0.4, 0.5) is 5.69 Å². The lowest BCUT2D eigenvalue weighted by atomic mass is 10.1. The van der Waals surface area contributed by atoms with E-state index in [0.29, 0.717) is 12.1 Å². The highest BCUT2D eigenvalue weighted by molar-refractivity contribution is 5.99. The SMILES string of the molecule is CCCNc1ccc(C)cc1C(=O)NCc1ccn(C)n1. The average Bonchev–Trinajstić information content (AvgIpc) is 2.89. The molecule has 0 aliphatic rings. The number of hydrogen-bond donors (Lipinski definition) is 2. The first-order chi connectivity index (χ1) is 10.1. The molecule has 112 valence electrons. The lowest BCUT2D eigenvalue weighted by molar-refractivity contribution is 0.0951. The van der Waals surface area contributed by atoms with Gasteiger partial charge in [-0.05, 0) is 31.5 Å². The Morgan fingerprint density at radius 2 is 2.14 bits per heavy atom. The van der Waals surface area contributed by atoms with Gasteiger partial charge < -0.3 is 10.6 Å². The third-order valence-corrected chi connectivity index (χ3v) is 3.18. The molecule has 5 nitrogen and oxygen atoms in total. The van der Waals surface area contributed by atoms with Crippen LogP contribution in [-0.2, 0) is 13.6 Å². The minimum absolute atomic E-state index is 0.0806. The first-order valence-electron chi connectivity index (χ1n) is 7.21. The van der Waals surface area contributed by atoms with Crippen molar-refractivity contribution in [3.63, 3.8) is 0 Å². The fraction of sp³-hybridized carbons (Fsp3) is 0.375. The number of nitrogens with zero attached hydrogens (tertiary/aromatic N) is 2. The monoisotopic (exact) mass is 286 g/mol. The Morgan fingerprint density at radius 3 is 2.81 bits per heavy atom. The van der Waals surface area contributed by atoms with Crippen LogP contribution in [0, 0.1) is 6.92 Å². The Bertz CT molecular complexity index is 618. The summed E-state index contributed by atoms with van der Waals surface area (Å²) in [7, 11) is 1.86. The number of nitrogens with one attached hydrogen (secondary N) is 2. The zero-order valence-corrected chi connectivity index (χ0v) is 12.8. The van der Waals surface area contributed by atoms with E-state index in [1.165, 1.54) is 0 Å². The van der Waals surface area contributed by atoms with Gasteiger partial charge in [-0.1, -0.05) is 18.6 Å². The molecule has 0 aliphatic carbocycles. The molecular weight excluding hydrogens is 264 g/mol. The largest absolute Gasteiger partial charge is 0.384 e. The summed E-state index contributed by atoms with van der Waals surface area (Å²) in [4.78, 5) is 12.4. The van der Waals surface area contributed by atoms with Gasteiger partial charge in [-0.3, -0.25) is 9.48 Å². The van der Waals surface area contributed by atoms with Crippen molar-refractivity contribution in [3.8, 4) is 0 Å². The maximum absolute atomic E-state index is 12.4. The minimum Gasteiger partial charge on any atom is -0.384 e. The Hall–Kier alpha value is -2.30. The van der Waals surface area contributed by atoms with Gasteiger partial charge in [0.25, 0.3) is 5.91 Å². The van der Waals surface area contributed by atoms with E-state index in [2.05, 4.69) is 22.7 Å². The highest BCUT2D eigenvalue weighted by atomic mass is 16.1. The third kappa shape index (κ3) is 4.08. The van der Waals surface area contributed by atoms with Crippen molar-refractivity contribution >= 4 is 11.6 Å². The number of aryl methyl sites for hydroxylation is 2. The molecule has 2 rings (SSSR count). The molecule has 0 saturated carbocycles. The smallest absolute Gasteiger partial charge is 0.253 e. The summed E-state index contributed by atoms with van der Waals surface area (Å²) < 4.78 is 1.72. The molecule has 0 unspecified atom stereocenters. The number of rotatable bonds is 6. The van der Waals surface area contributed by atoms with E-state index in [0.717, 1.165) is 29.9 Å². The number of carbonyl (C=O) groups excluding carboxylic acids is 1. The van der Waals surface area contributed by atoms with Crippen LogP contribution < -0.4 is 10.6 Å². The van der Waals surface area contributed by atoms with E-state index in [1.54, 1.807) is 4.68 Å². The first-order valence-corrected chi connectivity index (χ1v) is 7.21. The molecule has 0 radical (unpaired) electrons. The van der Waals surface area contributed by atoms with Gasteiger partial charge >= 0.3 is 0 Å². The summed E-state index contributed by atoms with van der Waals surface area (Å²) in [5.74, 6) is -0.0806. The van der Waals surface area contributed by atoms with Gasteiger partial charge in [0.1, 0.15) is 0 Å². The summed E-state index contributed by atoms with van der Waals surface area (Å²) in [5.41, 5.74) is 3.47. The van der Waals surface area contributed by atoms with Crippen LogP contribution in [0.15, 0.2) is 30.5 Å². The molecule has 0 fully saturated rings. The normalized spacial score (nSPS) is 10.4. The Balaban J connectivity index is 2.08. The molecule has 0 spiro atoms. The number of amides is 1. The van der Waals surface area contributed by atoms with Gasteiger partial charge in [-0.15, -0.1) is 0 Å². The highest BCUT2D eigenvalue weighted by Gasteiger charge is 2.11. The maximum Gasteiger partial charge on any atom is 0.253 e. The van der Waals surface area contributed by atoms with Crippen molar-refractivity contribution in [2.24, 2.45) is 7.05 Å². The Morgan fingerprint density at radius 1 is 1.33 bits per heavy atom. The van der Waals surface area contributed by atoms with E-state index in [9.17, 15) is 4.79 Å². The molecule has 1 aromatic heterocycles. The summed E-state index contributed by atoms with van der Waals surface area (Å²) >= 11 is 0. The fourth-order valence-electron chi connectivity index (χ4n) is 2.08. The zero-order chi connectivity index (χ0) is 15.2. The molecule has 1 heterocycles. The summed E-state index contributed by atoms with van der Waals surface area (Å²) in [6.07, 6.45) is 2.88. The van der Waals surface area contributed by atoms with Gasteiger partial charge in [0, 0.05) is 25.5 Å². The van der Waals surface area contributed by atoms with E-state index >= 15 is 0 Å². The zero-order valence-electron chi connectivity index (χ0n) is 12.8. The standard InChI is InChI=1S/C16H22N4O/c1-4-8-17-15-6-5-12(2)10-14(15)16(21)18-11-13-7-9-20(3)19-13/h5-7,9-10,17H,4,8,11H2,1-3H3,(H,18,21). The predicted molar refractivity (Wildman–Crippen MR) is 84.3 cm³/mol. The number of benzene rings is 1. The molecular formula is C16H22N4O. The second-order valence-corrected chi connectivity index (χ2v) is 5.14. The van der Waals surface area contributed by atoms with Crippen LogP contribution in [0.5, 0.6) is 0 Å². The Kier molecular flexibility index (Phi) is 4.98. The number of carbonyl (C=O) groups is 1. The molecule has 2 aromatic rings. The molecule has 0 atom stereocenters. The van der Waals surface area contributed by atoms with Gasteiger partial charge in [0.15, 0.2) is 0 Å². The fourth-order valence-corrected chi connectivity index (χ4v) is 2.08. The summed E-state index contributed by atoms with van der Waals surface area (Å²) in [6.45, 7) is 5.37. The minimum atomic E-state index is -0.0806. The quantitative estimate of drug-likeness (QED) is 0.857. The molecule has 0 saturated heterocycles. The van der Waals surface area contributed by atoms with E-state index in [1.807, 2.05) is 44.4 Å². The predicted octanol–water partition coefficient (Wildman–Crippen LogP) is 2.48. The van der Waals surface area contributed by atoms with Crippen molar-refractivity contribution < 1.29 is 4.79 Å². The molecule has 5 heteroatoms. The van der Waals surface area contributed by atoms with Crippen molar-refractivity contribution in [2.75, 3.05) is 11.9 Å². The second-order valence-electron chi connectivity index (χ2n) is 5.14. The highest BCUT2D eigenvalue weighted by Crippen LogP contribution is 2.17. The van der Waals surface area contributed by atoms with Crippen molar-refractivity contribution in [3.05, 3.63) is 47.3 Å². The van der Waals surface area contributed by atoms with Crippen LogP contribution >= 0.6 is 0 Å². The van der Waals surface area contributed by atoms with Crippen molar-refractivity contribution in [2.45, 2.75) is 26.8 Å². The van der Waals surface area contributed by atoms with E-state index < -0.39 is 0 Å². The maximum atomic E-state index is 12.4. The van der Waals surface area contributed by atoms with Gasteiger partial charge in [-0.25, -0.2) is 0 Å². The van der Waals surface area contributed by atoms with Gasteiger partial charge in [0.05, 0.1) is 17.8 Å². The van der Waals surface area contributed by atoms with E-state index in [4.69, 9.17) is 0 Å². The van der Waals surface area contributed by atoms with Crippen LogP contribution in [0.1, 0.15) is 35.0 Å². The van der Waals surface area contributed by atoms with Crippen molar-refractivity contribution in [1.29, 1.82) is 0 Å². The lowest BCUT2D eigenvalue weighted by Gasteiger charge is -2.12. The third-order valence-electron chi connectivity index (χ3n) is 3.18. The van der Waals surface area contributed by atoms with Crippen LogP contribution in [-0.4, -0.2) is 22.2 Å². The second kappa shape index (κ2) is 6.92. The molecule has 2 N–H and O–H groups in total. The number of hydrogen-bond acceptors (Lipinski definition) is 3. The Labute approximate surface area is 125 Å². The lowest BCUT2D eigenvalue weighted by Crippen LogP contribution is -2.24. The summed E-state index contributed by atoms with van der Waals surface area (Å²) in [6, 6.07) is 7.77. The summed E-state index contributed by atoms with van der Waals surface area (Å²) in [5, 5.41) is 10.5. The average molecular weight is 286 g/mol. The van der Waals surface area contributed by atoms with Crippen LogP contribution in [0.2, 0.25) is 0 Å². The van der Waals surface area contributed by atoms with Crippen LogP contribution in [0.25, 0.3) is 0 Å². The first kappa shape index (κ1) is 15.1.